The van der Waals surface area contributed by atoms with Gasteiger partial charge in [0.25, 0.3) is 12.3 Å². The number of rotatable bonds is 5. The van der Waals surface area contributed by atoms with E-state index >= 15 is 0 Å². The van der Waals surface area contributed by atoms with Crippen LogP contribution in [0.3, 0.4) is 0 Å². The van der Waals surface area contributed by atoms with Gasteiger partial charge in [-0.2, -0.15) is 5.10 Å². The predicted octanol–water partition coefficient (Wildman–Crippen LogP) is 3.57. The van der Waals surface area contributed by atoms with Gasteiger partial charge in [0, 0.05) is 31.1 Å². The van der Waals surface area contributed by atoms with Crippen LogP contribution in [0.4, 0.5) is 28.0 Å². The van der Waals surface area contributed by atoms with E-state index in [-0.39, 0.29) is 41.6 Å². The molecule has 2 aliphatic heterocycles. The molecule has 0 radical (unpaired) electrons. The molecule has 35 heavy (non-hydrogen) atoms. The van der Waals surface area contributed by atoms with E-state index < -0.39 is 42.7 Å². The Labute approximate surface area is 206 Å². The van der Waals surface area contributed by atoms with E-state index in [0.29, 0.717) is 23.7 Å². The van der Waals surface area contributed by atoms with Crippen LogP contribution in [-0.4, -0.2) is 70.5 Å². The maximum absolute atomic E-state index is 14.2. The number of hydroxylamine groups is 2. The van der Waals surface area contributed by atoms with Gasteiger partial charge in [0.15, 0.2) is 0 Å². The van der Waals surface area contributed by atoms with E-state index in [1.807, 2.05) is 0 Å². The number of fused-ring (bicyclic) bond motifs is 3. The fraction of sp³-hybridized carbons (Fsp3) is 0.476. The molecular weight excluding hydrogens is 542 g/mol. The van der Waals surface area contributed by atoms with E-state index in [0.717, 1.165) is 11.1 Å². The van der Waals surface area contributed by atoms with E-state index in [2.05, 4.69) is 26.3 Å². The molecule has 2 aliphatic rings. The van der Waals surface area contributed by atoms with Crippen LogP contribution < -0.4 is 5.32 Å². The van der Waals surface area contributed by atoms with Gasteiger partial charge in [0.2, 0.25) is 0 Å². The molecule has 1 aromatic carbocycles. The Morgan fingerprint density at radius 1 is 1.34 bits per heavy atom. The minimum atomic E-state index is -2.63. The number of halogens is 5. The molecule has 0 spiro atoms. The van der Waals surface area contributed by atoms with E-state index in [4.69, 9.17) is 9.57 Å². The molecule has 9 nitrogen and oxygen atoms in total. The van der Waals surface area contributed by atoms with E-state index in [1.165, 1.54) is 16.6 Å². The number of benzene rings is 1. The summed E-state index contributed by atoms with van der Waals surface area (Å²) in [6.07, 6.45) is -3.04. The zero-order valence-electron chi connectivity index (χ0n) is 18.7. The van der Waals surface area contributed by atoms with Crippen LogP contribution in [0.15, 0.2) is 16.6 Å². The number of carbonyl (C=O) groups is 2. The summed E-state index contributed by atoms with van der Waals surface area (Å²) in [6.45, 7) is 0.940. The molecule has 3 amide bonds. The average molecular weight is 564 g/mol. The molecule has 2 aromatic rings. The highest BCUT2D eigenvalue weighted by Gasteiger charge is 2.37. The molecular formula is C21H22BrF4N5O4. The molecule has 1 aromatic heterocycles. The fourth-order valence-corrected chi connectivity index (χ4v) is 4.41. The van der Waals surface area contributed by atoms with Crippen LogP contribution in [0, 0.1) is 11.6 Å². The number of anilines is 1. The Hall–Kier alpha value is -2.71. The first-order chi connectivity index (χ1) is 16.5. The molecule has 190 valence electrons. The number of hydrogen-bond donors (Lipinski definition) is 1. The molecule has 0 unspecified atom stereocenters. The second kappa shape index (κ2) is 10.1. The van der Waals surface area contributed by atoms with E-state index in [1.54, 1.807) is 6.92 Å². The van der Waals surface area contributed by atoms with Crippen molar-refractivity contribution >= 4 is 33.6 Å². The number of aromatic nitrogens is 2. The van der Waals surface area contributed by atoms with Gasteiger partial charge < -0.3 is 15.0 Å². The minimum Gasteiger partial charge on any atom is -0.373 e. The first-order valence-electron chi connectivity index (χ1n) is 10.7. The van der Waals surface area contributed by atoms with Crippen molar-refractivity contribution < 1.29 is 36.7 Å². The Morgan fingerprint density at radius 2 is 2.09 bits per heavy atom. The van der Waals surface area contributed by atoms with Crippen LogP contribution in [0.1, 0.15) is 28.7 Å². The molecule has 4 rings (SSSR count). The highest BCUT2D eigenvalue weighted by molar-refractivity contribution is 9.10. The number of alkyl halides is 2. The number of amides is 3. The number of hydrogen-bond acceptors (Lipinski definition) is 5. The summed E-state index contributed by atoms with van der Waals surface area (Å²) in [5.41, 5.74) is 1.13. The van der Waals surface area contributed by atoms with Gasteiger partial charge in [-0.1, -0.05) is 0 Å². The summed E-state index contributed by atoms with van der Waals surface area (Å²) < 4.78 is 58.9. The summed E-state index contributed by atoms with van der Waals surface area (Å²) in [4.78, 5) is 33.0. The largest absolute Gasteiger partial charge is 0.373 e. The van der Waals surface area contributed by atoms with Gasteiger partial charge in [-0.05, 0) is 28.9 Å². The zero-order valence-corrected chi connectivity index (χ0v) is 20.3. The molecule has 1 N–H and O–H groups in total. The van der Waals surface area contributed by atoms with Gasteiger partial charge in [-0.25, -0.2) is 27.4 Å². The lowest BCUT2D eigenvalue weighted by Crippen LogP contribution is -2.45. The standard InChI is InChI=1S/C21H22BrF4N5O4/c1-10-3-16-12(7-30(10)21(33)27-17-4-13(22)14(23)5-15(17)24)19-20(32)29(2)35-11(6-31(19)28-16)8-34-9-18(25)26/h4-5,10-11,18H,3,6-9H2,1-2H3,(H,27,33)/t10-,11-/m1/s1. The van der Waals surface area contributed by atoms with Crippen molar-refractivity contribution in [1.29, 1.82) is 0 Å². The highest BCUT2D eigenvalue weighted by Crippen LogP contribution is 2.30. The Bertz CT molecular complexity index is 1150. The fourth-order valence-electron chi connectivity index (χ4n) is 4.06. The van der Waals surface area contributed by atoms with Gasteiger partial charge in [-0.15, -0.1) is 0 Å². The first-order valence-corrected chi connectivity index (χ1v) is 11.5. The molecule has 0 fully saturated rings. The lowest BCUT2D eigenvalue weighted by molar-refractivity contribution is -0.169. The molecule has 2 atom stereocenters. The molecule has 0 saturated carbocycles. The van der Waals surface area contributed by atoms with Crippen LogP contribution in [0.25, 0.3) is 0 Å². The third-order valence-corrected chi connectivity index (χ3v) is 6.32. The van der Waals surface area contributed by atoms with Crippen molar-refractivity contribution in [2.24, 2.45) is 0 Å². The molecule has 0 saturated heterocycles. The normalized spacial score (nSPS) is 20.1. The van der Waals surface area contributed by atoms with Crippen LogP contribution in [-0.2, 0) is 29.1 Å². The third-order valence-electron chi connectivity index (χ3n) is 5.72. The summed E-state index contributed by atoms with van der Waals surface area (Å²) in [5, 5.41) is 7.95. The Balaban J connectivity index is 1.56. The van der Waals surface area contributed by atoms with Gasteiger partial charge in [0.1, 0.15) is 30.0 Å². The van der Waals surface area contributed by atoms with Crippen molar-refractivity contribution in [1.82, 2.24) is 19.7 Å². The second-order valence-electron chi connectivity index (χ2n) is 8.27. The maximum atomic E-state index is 14.2. The summed E-state index contributed by atoms with van der Waals surface area (Å²) in [7, 11) is 1.39. The maximum Gasteiger partial charge on any atom is 0.322 e. The molecule has 14 heteroatoms. The minimum absolute atomic E-state index is 0.00772. The SMILES string of the molecule is C[C@@H]1Cc2nn3c(c2CN1C(=O)Nc1cc(Br)c(F)cc1F)C(=O)N(C)O[C@@H](COCC(F)F)C3. The van der Waals surface area contributed by atoms with E-state index in [9.17, 15) is 27.2 Å². The van der Waals surface area contributed by atoms with Crippen molar-refractivity contribution in [3.8, 4) is 0 Å². The van der Waals surface area contributed by atoms with Gasteiger partial charge in [0.05, 0.1) is 35.6 Å². The quantitative estimate of drug-likeness (QED) is 0.444. The average Bonchev–Trinajstić information content (AvgIpc) is 3.06. The summed E-state index contributed by atoms with van der Waals surface area (Å²) in [6, 6.07) is 0.804. The predicted molar refractivity (Wildman–Crippen MR) is 118 cm³/mol. The van der Waals surface area contributed by atoms with Gasteiger partial charge >= 0.3 is 6.03 Å². The smallest absolute Gasteiger partial charge is 0.322 e. The van der Waals surface area contributed by atoms with Crippen molar-refractivity contribution in [3.63, 3.8) is 0 Å². The Morgan fingerprint density at radius 3 is 2.80 bits per heavy atom. The number of carbonyl (C=O) groups excluding carboxylic acids is 2. The summed E-state index contributed by atoms with van der Waals surface area (Å²) in [5.74, 6) is -2.25. The van der Waals surface area contributed by atoms with Crippen molar-refractivity contribution in [2.75, 3.05) is 25.6 Å². The number of urea groups is 1. The first kappa shape index (κ1) is 25.4. The summed E-state index contributed by atoms with van der Waals surface area (Å²) >= 11 is 2.96. The Kier molecular flexibility index (Phi) is 7.33. The van der Waals surface area contributed by atoms with Crippen LogP contribution >= 0.6 is 15.9 Å². The lowest BCUT2D eigenvalue weighted by Gasteiger charge is -2.33. The topological polar surface area (TPSA) is 88.9 Å². The van der Waals surface area contributed by atoms with Crippen molar-refractivity contribution in [2.45, 2.75) is 45.0 Å². The van der Waals surface area contributed by atoms with Gasteiger partial charge in [-0.3, -0.25) is 14.3 Å². The highest BCUT2D eigenvalue weighted by atomic mass is 79.9. The lowest BCUT2D eigenvalue weighted by atomic mass is 9.99. The number of nitrogens with zero attached hydrogens (tertiary/aromatic N) is 4. The van der Waals surface area contributed by atoms with Crippen LogP contribution in [0.2, 0.25) is 0 Å². The number of nitrogens with one attached hydrogen (secondary N) is 1. The molecule has 0 aliphatic carbocycles. The zero-order chi connectivity index (χ0) is 25.4. The van der Waals surface area contributed by atoms with Crippen molar-refractivity contribution in [3.05, 3.63) is 45.2 Å². The second-order valence-corrected chi connectivity index (χ2v) is 9.13. The molecule has 3 heterocycles. The third kappa shape index (κ3) is 5.28. The number of ether oxygens (including phenoxy) is 1. The monoisotopic (exact) mass is 563 g/mol. The molecule has 0 bridgehead atoms. The van der Waals surface area contributed by atoms with Crippen LogP contribution in [0.5, 0.6) is 0 Å².